The van der Waals surface area contributed by atoms with E-state index < -0.39 is 0 Å². The second-order valence-corrected chi connectivity index (χ2v) is 4.48. The largest absolute Gasteiger partial charge is 0.316 e. The number of pyridine rings is 1. The molecule has 2 aromatic rings. The summed E-state index contributed by atoms with van der Waals surface area (Å²) >= 11 is 6.13. The van der Waals surface area contributed by atoms with Gasteiger partial charge in [0.15, 0.2) is 0 Å². The fraction of sp³-hybridized carbons (Fsp3) is 0.214. The van der Waals surface area contributed by atoms with Crippen molar-refractivity contribution in [2.75, 3.05) is 7.05 Å². The zero-order valence-corrected chi connectivity index (χ0v) is 10.8. The van der Waals surface area contributed by atoms with Crippen LogP contribution in [-0.2, 0) is 6.54 Å². The van der Waals surface area contributed by atoms with Gasteiger partial charge in [0.25, 0.3) is 0 Å². The molecule has 0 amide bonds. The first-order chi connectivity index (χ1) is 8.20. The highest BCUT2D eigenvalue weighted by atomic mass is 35.5. The van der Waals surface area contributed by atoms with Gasteiger partial charge in [-0.25, -0.2) is 0 Å². The third-order valence-corrected chi connectivity index (χ3v) is 3.09. The Morgan fingerprint density at radius 3 is 2.71 bits per heavy atom. The average Bonchev–Trinajstić information content (AvgIpc) is 2.33. The van der Waals surface area contributed by atoms with E-state index in [1.54, 1.807) is 0 Å². The fourth-order valence-corrected chi connectivity index (χ4v) is 1.90. The Bertz CT molecular complexity index is 523. The van der Waals surface area contributed by atoms with Crippen molar-refractivity contribution in [1.29, 1.82) is 0 Å². The summed E-state index contributed by atoms with van der Waals surface area (Å²) in [5.41, 5.74) is 4.46. The van der Waals surface area contributed by atoms with E-state index in [2.05, 4.69) is 22.4 Å². The van der Waals surface area contributed by atoms with E-state index in [1.165, 1.54) is 5.56 Å². The topological polar surface area (TPSA) is 24.9 Å². The number of benzene rings is 1. The lowest BCUT2D eigenvalue weighted by Gasteiger charge is -2.06. The van der Waals surface area contributed by atoms with Gasteiger partial charge in [-0.05, 0) is 42.8 Å². The van der Waals surface area contributed by atoms with E-state index in [0.29, 0.717) is 0 Å². The second-order valence-electron chi connectivity index (χ2n) is 4.08. The summed E-state index contributed by atoms with van der Waals surface area (Å²) in [7, 11) is 1.93. The van der Waals surface area contributed by atoms with Crippen LogP contribution < -0.4 is 5.32 Å². The van der Waals surface area contributed by atoms with Crippen molar-refractivity contribution in [3.05, 3.63) is 52.8 Å². The van der Waals surface area contributed by atoms with E-state index in [-0.39, 0.29) is 0 Å². The Morgan fingerprint density at radius 1 is 1.18 bits per heavy atom. The summed E-state index contributed by atoms with van der Waals surface area (Å²) in [6.07, 6.45) is 3.73. The van der Waals surface area contributed by atoms with Gasteiger partial charge in [-0.1, -0.05) is 23.7 Å². The van der Waals surface area contributed by atoms with Crippen LogP contribution in [0.4, 0.5) is 0 Å². The predicted molar refractivity (Wildman–Crippen MR) is 72.2 cm³/mol. The summed E-state index contributed by atoms with van der Waals surface area (Å²) in [6, 6.07) is 8.21. The fourth-order valence-electron chi connectivity index (χ4n) is 1.72. The molecule has 17 heavy (non-hydrogen) atoms. The summed E-state index contributed by atoms with van der Waals surface area (Å²) in [5, 5.41) is 3.91. The maximum Gasteiger partial charge on any atom is 0.0441 e. The second kappa shape index (κ2) is 5.30. The molecule has 1 N–H and O–H groups in total. The van der Waals surface area contributed by atoms with Crippen molar-refractivity contribution in [1.82, 2.24) is 10.3 Å². The van der Waals surface area contributed by atoms with Gasteiger partial charge in [0, 0.05) is 29.5 Å². The lowest BCUT2D eigenvalue weighted by molar-refractivity contribution is 0.813. The molecule has 2 nitrogen and oxygen atoms in total. The first-order valence-electron chi connectivity index (χ1n) is 5.56. The minimum atomic E-state index is 0.793. The van der Waals surface area contributed by atoms with Crippen molar-refractivity contribution >= 4 is 11.6 Å². The van der Waals surface area contributed by atoms with Crippen molar-refractivity contribution < 1.29 is 0 Å². The highest BCUT2D eigenvalue weighted by Crippen LogP contribution is 2.25. The van der Waals surface area contributed by atoms with Crippen LogP contribution in [0.15, 0.2) is 36.7 Å². The lowest BCUT2D eigenvalue weighted by atomic mass is 10.0. The molecule has 0 saturated carbocycles. The molecule has 1 aromatic heterocycles. The quantitative estimate of drug-likeness (QED) is 0.898. The average molecular weight is 247 g/mol. The monoisotopic (exact) mass is 246 g/mol. The Labute approximate surface area is 107 Å². The lowest BCUT2D eigenvalue weighted by Crippen LogP contribution is -2.05. The van der Waals surface area contributed by atoms with Crippen LogP contribution in [0.2, 0.25) is 5.02 Å². The highest BCUT2D eigenvalue weighted by Gasteiger charge is 2.02. The molecular formula is C14H15ClN2. The molecule has 0 fully saturated rings. The molecule has 1 heterocycles. The van der Waals surface area contributed by atoms with Crippen LogP contribution in [-0.4, -0.2) is 12.0 Å². The molecule has 0 saturated heterocycles. The molecule has 0 atom stereocenters. The SMILES string of the molecule is CNCc1cncc(-c2ccc(C)c(Cl)c2)c1. The number of aromatic nitrogens is 1. The molecule has 0 aliphatic carbocycles. The summed E-state index contributed by atoms with van der Waals surface area (Å²) in [6.45, 7) is 2.82. The number of aryl methyl sites for hydroxylation is 1. The van der Waals surface area contributed by atoms with Gasteiger partial charge in [0.1, 0.15) is 0 Å². The summed E-state index contributed by atoms with van der Waals surface area (Å²) in [4.78, 5) is 4.25. The molecule has 2 rings (SSSR count). The minimum absolute atomic E-state index is 0.793. The summed E-state index contributed by atoms with van der Waals surface area (Å²) in [5.74, 6) is 0. The summed E-state index contributed by atoms with van der Waals surface area (Å²) < 4.78 is 0. The maximum absolute atomic E-state index is 6.13. The third-order valence-electron chi connectivity index (χ3n) is 2.68. The van der Waals surface area contributed by atoms with E-state index in [4.69, 9.17) is 11.6 Å². The minimum Gasteiger partial charge on any atom is -0.316 e. The van der Waals surface area contributed by atoms with Crippen LogP contribution in [0, 0.1) is 6.92 Å². The van der Waals surface area contributed by atoms with Crippen LogP contribution in [0.1, 0.15) is 11.1 Å². The number of hydrogen-bond acceptors (Lipinski definition) is 2. The molecule has 0 unspecified atom stereocenters. The number of hydrogen-bond donors (Lipinski definition) is 1. The third kappa shape index (κ3) is 2.84. The normalized spacial score (nSPS) is 10.5. The van der Waals surface area contributed by atoms with Crippen molar-refractivity contribution in [3.8, 4) is 11.1 Å². The number of nitrogens with zero attached hydrogens (tertiary/aromatic N) is 1. The van der Waals surface area contributed by atoms with Gasteiger partial charge in [-0.15, -0.1) is 0 Å². The molecule has 1 aromatic carbocycles. The number of nitrogens with one attached hydrogen (secondary N) is 1. The predicted octanol–water partition coefficient (Wildman–Crippen LogP) is 3.43. The van der Waals surface area contributed by atoms with Crippen molar-refractivity contribution in [2.45, 2.75) is 13.5 Å². The molecular weight excluding hydrogens is 232 g/mol. The van der Waals surface area contributed by atoms with E-state index >= 15 is 0 Å². The van der Waals surface area contributed by atoms with Crippen LogP contribution >= 0.6 is 11.6 Å². The van der Waals surface area contributed by atoms with Gasteiger partial charge in [-0.2, -0.15) is 0 Å². The molecule has 0 aliphatic rings. The van der Waals surface area contributed by atoms with Gasteiger partial charge in [0.05, 0.1) is 0 Å². The Morgan fingerprint density at radius 2 is 2.00 bits per heavy atom. The van der Waals surface area contributed by atoms with Crippen molar-refractivity contribution in [2.24, 2.45) is 0 Å². The molecule has 0 aliphatic heterocycles. The first-order valence-corrected chi connectivity index (χ1v) is 5.93. The Balaban J connectivity index is 2.38. The van der Waals surface area contributed by atoms with Crippen molar-refractivity contribution in [3.63, 3.8) is 0 Å². The standard InChI is InChI=1S/C14H15ClN2/c1-10-3-4-12(6-14(10)15)13-5-11(7-16-2)8-17-9-13/h3-6,8-9,16H,7H2,1-2H3. The van der Waals surface area contributed by atoms with E-state index in [0.717, 1.165) is 28.3 Å². The van der Waals surface area contributed by atoms with Crippen LogP contribution in [0.5, 0.6) is 0 Å². The number of rotatable bonds is 3. The molecule has 3 heteroatoms. The molecule has 0 bridgehead atoms. The first kappa shape index (κ1) is 12.1. The Hall–Kier alpha value is -1.38. The zero-order chi connectivity index (χ0) is 12.3. The highest BCUT2D eigenvalue weighted by molar-refractivity contribution is 6.31. The van der Waals surface area contributed by atoms with Gasteiger partial charge < -0.3 is 5.32 Å². The van der Waals surface area contributed by atoms with Gasteiger partial charge in [-0.3, -0.25) is 4.98 Å². The van der Waals surface area contributed by atoms with Crippen LogP contribution in [0.25, 0.3) is 11.1 Å². The maximum atomic E-state index is 6.13. The molecule has 0 radical (unpaired) electrons. The van der Waals surface area contributed by atoms with E-state index in [9.17, 15) is 0 Å². The molecule has 0 spiro atoms. The zero-order valence-electron chi connectivity index (χ0n) is 10.00. The van der Waals surface area contributed by atoms with Crippen LogP contribution in [0.3, 0.4) is 0 Å². The van der Waals surface area contributed by atoms with Gasteiger partial charge >= 0.3 is 0 Å². The smallest absolute Gasteiger partial charge is 0.0441 e. The van der Waals surface area contributed by atoms with Gasteiger partial charge in [0.2, 0.25) is 0 Å². The number of halogens is 1. The Kier molecular flexibility index (Phi) is 3.77. The molecule has 88 valence electrons. The van der Waals surface area contributed by atoms with E-state index in [1.807, 2.05) is 38.5 Å².